The number of hydrogen-bond donors (Lipinski definition) is 2. The molecule has 0 aliphatic heterocycles. The van der Waals surface area contributed by atoms with Crippen LogP contribution in [0.5, 0.6) is 0 Å². The summed E-state index contributed by atoms with van der Waals surface area (Å²) in [7, 11) is 1.95. The summed E-state index contributed by atoms with van der Waals surface area (Å²) < 4.78 is 1.86. The SMILES string of the molecule is CCNC(=NCc1ccnn1C)NCCC1=CCCCC1.I. The zero-order chi connectivity index (χ0) is 14.9. The highest BCUT2D eigenvalue weighted by Crippen LogP contribution is 2.19. The van der Waals surface area contributed by atoms with E-state index in [0.717, 1.165) is 31.2 Å². The van der Waals surface area contributed by atoms with Crippen LogP contribution in [0.3, 0.4) is 0 Å². The van der Waals surface area contributed by atoms with E-state index in [1.165, 1.54) is 25.7 Å². The van der Waals surface area contributed by atoms with E-state index in [1.54, 1.807) is 11.8 Å². The summed E-state index contributed by atoms with van der Waals surface area (Å²) in [5, 5.41) is 10.9. The van der Waals surface area contributed by atoms with Crippen molar-refractivity contribution in [3.63, 3.8) is 0 Å². The molecule has 2 N–H and O–H groups in total. The van der Waals surface area contributed by atoms with Gasteiger partial charge in [0.1, 0.15) is 0 Å². The standard InChI is InChI=1S/C16H27N5.HI/c1-3-17-16(19-13-15-10-12-20-21(15)2)18-11-9-14-7-5-4-6-8-14;/h7,10,12H,3-6,8-9,11,13H2,1-2H3,(H2,17,18,19);1H. The van der Waals surface area contributed by atoms with Crippen molar-refractivity contribution in [2.45, 2.75) is 45.6 Å². The van der Waals surface area contributed by atoms with Gasteiger partial charge in [-0.05, 0) is 45.1 Å². The van der Waals surface area contributed by atoms with E-state index < -0.39 is 0 Å². The normalized spacial score (nSPS) is 15.0. The maximum atomic E-state index is 4.61. The Morgan fingerprint density at radius 3 is 2.86 bits per heavy atom. The van der Waals surface area contributed by atoms with Crippen LogP contribution in [-0.4, -0.2) is 28.8 Å². The molecule has 5 nitrogen and oxygen atoms in total. The number of rotatable bonds is 6. The van der Waals surface area contributed by atoms with Crippen LogP contribution in [0.15, 0.2) is 28.9 Å². The zero-order valence-electron chi connectivity index (χ0n) is 13.6. The molecule has 0 aromatic carbocycles. The van der Waals surface area contributed by atoms with Gasteiger partial charge in [0.2, 0.25) is 0 Å². The van der Waals surface area contributed by atoms with Gasteiger partial charge in [0.25, 0.3) is 0 Å². The molecule has 0 amide bonds. The van der Waals surface area contributed by atoms with Crippen LogP contribution in [0.4, 0.5) is 0 Å². The molecule has 0 saturated carbocycles. The molecule has 22 heavy (non-hydrogen) atoms. The molecule has 0 saturated heterocycles. The van der Waals surface area contributed by atoms with Crippen molar-refractivity contribution in [1.82, 2.24) is 20.4 Å². The molecule has 0 radical (unpaired) electrons. The summed E-state index contributed by atoms with van der Waals surface area (Å²) in [6.45, 7) is 4.56. The Labute approximate surface area is 150 Å². The van der Waals surface area contributed by atoms with Gasteiger partial charge in [0, 0.05) is 26.3 Å². The van der Waals surface area contributed by atoms with Crippen LogP contribution in [0.1, 0.15) is 44.7 Å². The van der Waals surface area contributed by atoms with Crippen LogP contribution in [0.2, 0.25) is 0 Å². The van der Waals surface area contributed by atoms with E-state index in [-0.39, 0.29) is 24.0 Å². The number of aliphatic imine (C=N–C) groups is 1. The lowest BCUT2D eigenvalue weighted by Crippen LogP contribution is -2.37. The molecule has 0 unspecified atom stereocenters. The molecule has 0 spiro atoms. The minimum atomic E-state index is 0. The lowest BCUT2D eigenvalue weighted by Gasteiger charge is -2.15. The molecule has 124 valence electrons. The quantitative estimate of drug-likeness (QED) is 0.324. The van der Waals surface area contributed by atoms with Crippen molar-refractivity contribution in [1.29, 1.82) is 0 Å². The third-order valence-electron chi connectivity index (χ3n) is 3.79. The van der Waals surface area contributed by atoms with Crippen molar-refractivity contribution >= 4 is 29.9 Å². The molecule has 0 fully saturated rings. The summed E-state index contributed by atoms with van der Waals surface area (Å²) in [6, 6.07) is 2.00. The highest BCUT2D eigenvalue weighted by Gasteiger charge is 2.04. The van der Waals surface area contributed by atoms with E-state index >= 15 is 0 Å². The molecule has 0 bridgehead atoms. The summed E-state index contributed by atoms with van der Waals surface area (Å²) >= 11 is 0. The number of hydrogen-bond acceptors (Lipinski definition) is 2. The Morgan fingerprint density at radius 1 is 1.36 bits per heavy atom. The maximum Gasteiger partial charge on any atom is 0.191 e. The molecule has 0 atom stereocenters. The van der Waals surface area contributed by atoms with E-state index in [4.69, 9.17) is 0 Å². The minimum absolute atomic E-state index is 0. The number of aromatic nitrogens is 2. The molecular weight excluding hydrogens is 389 g/mol. The van der Waals surface area contributed by atoms with Gasteiger partial charge in [0.05, 0.1) is 12.2 Å². The first-order valence-electron chi connectivity index (χ1n) is 7.96. The van der Waals surface area contributed by atoms with E-state index in [0.29, 0.717) is 6.54 Å². The van der Waals surface area contributed by atoms with Crippen LogP contribution < -0.4 is 10.6 Å². The number of aryl methyl sites for hydroxylation is 1. The van der Waals surface area contributed by atoms with E-state index in [9.17, 15) is 0 Å². The fourth-order valence-electron chi connectivity index (χ4n) is 2.53. The average Bonchev–Trinajstić information content (AvgIpc) is 2.91. The van der Waals surface area contributed by atoms with Crippen molar-refractivity contribution in [2.75, 3.05) is 13.1 Å². The number of allylic oxidation sites excluding steroid dienone is 1. The van der Waals surface area contributed by atoms with Gasteiger partial charge in [-0.25, -0.2) is 4.99 Å². The molecule has 6 heteroatoms. The van der Waals surface area contributed by atoms with Crippen molar-refractivity contribution in [3.8, 4) is 0 Å². The van der Waals surface area contributed by atoms with Crippen LogP contribution >= 0.6 is 24.0 Å². The lowest BCUT2D eigenvalue weighted by atomic mass is 9.97. The van der Waals surface area contributed by atoms with Gasteiger partial charge in [-0.3, -0.25) is 4.68 Å². The molecule has 1 aliphatic rings. The van der Waals surface area contributed by atoms with Gasteiger partial charge in [-0.1, -0.05) is 11.6 Å². The Morgan fingerprint density at radius 2 is 2.23 bits per heavy atom. The summed E-state index contributed by atoms with van der Waals surface area (Å²) in [6.07, 6.45) is 10.6. The minimum Gasteiger partial charge on any atom is -0.357 e. The monoisotopic (exact) mass is 417 g/mol. The first kappa shape index (κ1) is 19.0. The predicted octanol–water partition coefficient (Wildman–Crippen LogP) is 2.98. The molecule has 1 aliphatic carbocycles. The Balaban J connectivity index is 0.00000242. The third kappa shape index (κ3) is 6.37. The van der Waals surface area contributed by atoms with Crippen molar-refractivity contribution in [2.24, 2.45) is 12.0 Å². The predicted molar refractivity (Wildman–Crippen MR) is 103 cm³/mol. The molecular formula is C16H28IN5. The second-order valence-electron chi connectivity index (χ2n) is 5.43. The van der Waals surface area contributed by atoms with Crippen LogP contribution in [0.25, 0.3) is 0 Å². The van der Waals surface area contributed by atoms with Gasteiger partial charge in [-0.2, -0.15) is 5.10 Å². The summed E-state index contributed by atoms with van der Waals surface area (Å²) in [5.74, 6) is 0.884. The Bertz CT molecular complexity index is 492. The fraction of sp³-hybridized carbons (Fsp3) is 0.625. The summed E-state index contributed by atoms with van der Waals surface area (Å²) in [4.78, 5) is 4.61. The van der Waals surface area contributed by atoms with Gasteiger partial charge < -0.3 is 10.6 Å². The molecule has 2 rings (SSSR count). The zero-order valence-corrected chi connectivity index (χ0v) is 16.0. The van der Waals surface area contributed by atoms with Gasteiger partial charge in [-0.15, -0.1) is 24.0 Å². The van der Waals surface area contributed by atoms with Crippen molar-refractivity contribution in [3.05, 3.63) is 29.6 Å². The first-order chi connectivity index (χ1) is 10.3. The number of guanidine groups is 1. The number of halogens is 1. The Kier molecular flexibility index (Phi) is 9.19. The molecule has 1 aromatic rings. The lowest BCUT2D eigenvalue weighted by molar-refractivity contribution is 0.664. The molecule has 1 heterocycles. The van der Waals surface area contributed by atoms with Gasteiger partial charge >= 0.3 is 0 Å². The second kappa shape index (κ2) is 10.6. The molecule has 1 aromatic heterocycles. The first-order valence-corrected chi connectivity index (χ1v) is 7.96. The fourth-order valence-corrected chi connectivity index (χ4v) is 2.53. The van der Waals surface area contributed by atoms with Crippen LogP contribution in [0, 0.1) is 0 Å². The van der Waals surface area contributed by atoms with E-state index in [1.807, 2.05) is 17.8 Å². The van der Waals surface area contributed by atoms with Gasteiger partial charge in [0.15, 0.2) is 5.96 Å². The highest BCUT2D eigenvalue weighted by molar-refractivity contribution is 14.0. The largest absolute Gasteiger partial charge is 0.357 e. The second-order valence-corrected chi connectivity index (χ2v) is 5.43. The van der Waals surface area contributed by atoms with Crippen LogP contribution in [-0.2, 0) is 13.6 Å². The maximum absolute atomic E-state index is 4.61. The topological polar surface area (TPSA) is 54.2 Å². The number of nitrogens with zero attached hydrogens (tertiary/aromatic N) is 3. The van der Waals surface area contributed by atoms with E-state index in [2.05, 4.69) is 33.7 Å². The average molecular weight is 417 g/mol. The Hall–Kier alpha value is -1.05. The highest BCUT2D eigenvalue weighted by atomic mass is 127. The summed E-state index contributed by atoms with van der Waals surface area (Å²) in [5.41, 5.74) is 2.71. The number of nitrogens with one attached hydrogen (secondary N) is 2. The third-order valence-corrected chi connectivity index (χ3v) is 3.79. The van der Waals surface area contributed by atoms with Crippen molar-refractivity contribution < 1.29 is 0 Å². The smallest absolute Gasteiger partial charge is 0.191 e.